The van der Waals surface area contributed by atoms with Crippen LogP contribution >= 0.6 is 0 Å². The fraction of sp³-hybridized carbons (Fsp3) is 0.200. The maximum Gasteiger partial charge on any atom is 0.418 e. The molecule has 0 amide bonds. The minimum atomic E-state index is -4.64. The van der Waals surface area contributed by atoms with Crippen LogP contribution in [0.15, 0.2) is 12.1 Å². The average Bonchev–Trinajstić information content (AvgIpc) is 2.14. The van der Waals surface area contributed by atoms with Gasteiger partial charge in [0.1, 0.15) is 0 Å². The number of nitriles is 1. The summed E-state index contributed by atoms with van der Waals surface area (Å²) in [5, 5.41) is 8.65. The van der Waals surface area contributed by atoms with Crippen LogP contribution in [-0.2, 0) is 6.18 Å². The Hall–Kier alpha value is -2.03. The molecule has 0 bridgehead atoms. The summed E-state index contributed by atoms with van der Waals surface area (Å²) < 4.78 is 37.4. The van der Waals surface area contributed by atoms with E-state index in [-0.39, 0.29) is 11.1 Å². The number of rotatable bonds is 1. The van der Waals surface area contributed by atoms with Gasteiger partial charge in [0.25, 0.3) is 0 Å². The predicted molar refractivity (Wildman–Crippen MR) is 50.6 cm³/mol. The van der Waals surface area contributed by atoms with Crippen molar-refractivity contribution in [3.63, 3.8) is 0 Å². The van der Waals surface area contributed by atoms with Crippen molar-refractivity contribution < 1.29 is 18.0 Å². The van der Waals surface area contributed by atoms with Gasteiger partial charge in [-0.15, -0.1) is 0 Å². The molecule has 1 rings (SSSR count). The Morgan fingerprint density at radius 1 is 1.44 bits per heavy atom. The number of alkyl halides is 3. The zero-order chi connectivity index (χ0) is 12.5. The molecular formula is C10H7F3N2O. The highest BCUT2D eigenvalue weighted by Gasteiger charge is 2.34. The molecule has 0 atom stereocenters. The summed E-state index contributed by atoms with van der Waals surface area (Å²) in [6, 6.07) is 3.26. The van der Waals surface area contributed by atoms with Crippen molar-refractivity contribution in [1.29, 1.82) is 5.26 Å². The molecule has 0 aliphatic carbocycles. The van der Waals surface area contributed by atoms with Gasteiger partial charge in [0.15, 0.2) is 5.78 Å². The van der Waals surface area contributed by atoms with Crippen LogP contribution in [0.5, 0.6) is 0 Å². The molecule has 84 valence electrons. The highest BCUT2D eigenvalue weighted by atomic mass is 19.4. The van der Waals surface area contributed by atoms with Crippen molar-refractivity contribution >= 4 is 11.5 Å². The third-order valence-electron chi connectivity index (χ3n) is 2.02. The third kappa shape index (κ3) is 1.98. The van der Waals surface area contributed by atoms with Crippen LogP contribution in [0.2, 0.25) is 0 Å². The lowest BCUT2D eigenvalue weighted by molar-refractivity contribution is -0.136. The topological polar surface area (TPSA) is 66.9 Å². The number of benzene rings is 1. The summed E-state index contributed by atoms with van der Waals surface area (Å²) in [5.74, 6) is -0.667. The van der Waals surface area contributed by atoms with E-state index in [2.05, 4.69) is 0 Å². The zero-order valence-electron chi connectivity index (χ0n) is 8.22. The molecule has 0 saturated carbocycles. The van der Waals surface area contributed by atoms with Crippen molar-refractivity contribution in [3.8, 4) is 6.07 Å². The second-order valence-electron chi connectivity index (χ2n) is 3.12. The van der Waals surface area contributed by atoms with Gasteiger partial charge in [-0.05, 0) is 19.1 Å². The van der Waals surface area contributed by atoms with Crippen LogP contribution in [-0.4, -0.2) is 5.78 Å². The van der Waals surface area contributed by atoms with Gasteiger partial charge in [0.05, 0.1) is 28.4 Å². The Morgan fingerprint density at radius 2 is 2.00 bits per heavy atom. The van der Waals surface area contributed by atoms with Gasteiger partial charge >= 0.3 is 6.18 Å². The quantitative estimate of drug-likeness (QED) is 0.592. The van der Waals surface area contributed by atoms with E-state index >= 15 is 0 Å². The molecule has 0 aliphatic heterocycles. The van der Waals surface area contributed by atoms with Gasteiger partial charge in [-0.2, -0.15) is 18.4 Å². The summed E-state index contributed by atoms with van der Waals surface area (Å²) in [4.78, 5) is 11.1. The Kier molecular flexibility index (Phi) is 2.90. The molecule has 3 nitrogen and oxygen atoms in total. The Balaban J connectivity index is 3.58. The van der Waals surface area contributed by atoms with Gasteiger partial charge in [-0.25, -0.2) is 0 Å². The molecule has 0 saturated heterocycles. The number of carbonyl (C=O) groups excluding carboxylic acids is 1. The van der Waals surface area contributed by atoms with Gasteiger partial charge in [-0.3, -0.25) is 4.79 Å². The maximum atomic E-state index is 12.5. The van der Waals surface area contributed by atoms with Crippen LogP contribution in [0, 0.1) is 11.3 Å². The fourth-order valence-corrected chi connectivity index (χ4v) is 1.34. The first-order valence-electron chi connectivity index (χ1n) is 4.19. The monoisotopic (exact) mass is 228 g/mol. The molecule has 0 aliphatic rings. The van der Waals surface area contributed by atoms with Crippen molar-refractivity contribution in [3.05, 3.63) is 28.8 Å². The van der Waals surface area contributed by atoms with E-state index in [0.29, 0.717) is 6.07 Å². The molecule has 0 fully saturated rings. The molecule has 0 radical (unpaired) electrons. The lowest BCUT2D eigenvalue weighted by atomic mass is 9.98. The van der Waals surface area contributed by atoms with E-state index in [1.807, 2.05) is 0 Å². The summed E-state index contributed by atoms with van der Waals surface area (Å²) in [7, 11) is 0. The highest BCUT2D eigenvalue weighted by molar-refractivity contribution is 6.02. The number of nitrogen functional groups attached to an aromatic ring is 1. The van der Waals surface area contributed by atoms with Crippen molar-refractivity contribution in [1.82, 2.24) is 0 Å². The number of anilines is 1. The highest BCUT2D eigenvalue weighted by Crippen LogP contribution is 2.36. The second kappa shape index (κ2) is 3.85. The van der Waals surface area contributed by atoms with Crippen molar-refractivity contribution in [2.75, 3.05) is 5.73 Å². The number of nitrogens with two attached hydrogens (primary N) is 1. The lowest BCUT2D eigenvalue weighted by Gasteiger charge is -2.13. The smallest absolute Gasteiger partial charge is 0.398 e. The van der Waals surface area contributed by atoms with Crippen LogP contribution in [0.1, 0.15) is 28.4 Å². The number of carbonyl (C=O) groups is 1. The SMILES string of the molecule is CC(=O)c1c(C#N)ccc(C(F)(F)F)c1N. The van der Waals surface area contributed by atoms with E-state index in [1.54, 1.807) is 6.07 Å². The number of hydrogen-bond acceptors (Lipinski definition) is 3. The number of Topliss-reactive ketones (excluding diaryl/α,β-unsaturated/α-hetero) is 1. The normalized spacial score (nSPS) is 10.9. The minimum absolute atomic E-state index is 0.155. The van der Waals surface area contributed by atoms with Crippen LogP contribution < -0.4 is 5.73 Å². The summed E-state index contributed by atoms with van der Waals surface area (Å²) >= 11 is 0. The molecule has 0 aromatic heterocycles. The number of nitrogens with zero attached hydrogens (tertiary/aromatic N) is 1. The average molecular weight is 228 g/mol. The molecule has 0 unspecified atom stereocenters. The van der Waals surface area contributed by atoms with Gasteiger partial charge in [0, 0.05) is 0 Å². The third-order valence-corrected chi connectivity index (χ3v) is 2.02. The van der Waals surface area contributed by atoms with Gasteiger partial charge in [-0.1, -0.05) is 0 Å². The predicted octanol–water partition coefficient (Wildman–Crippen LogP) is 2.36. The fourth-order valence-electron chi connectivity index (χ4n) is 1.34. The standard InChI is InChI=1S/C10H7F3N2O/c1-5(16)8-6(4-14)2-3-7(9(8)15)10(11,12)13/h2-3H,15H2,1H3. The largest absolute Gasteiger partial charge is 0.418 e. The minimum Gasteiger partial charge on any atom is -0.398 e. The second-order valence-corrected chi connectivity index (χ2v) is 3.12. The summed E-state index contributed by atoms with van der Waals surface area (Å²) in [6.07, 6.45) is -4.64. The Morgan fingerprint density at radius 3 is 2.38 bits per heavy atom. The molecule has 1 aromatic rings. The van der Waals surface area contributed by atoms with E-state index < -0.39 is 23.2 Å². The molecule has 0 spiro atoms. The van der Waals surface area contributed by atoms with Crippen LogP contribution in [0.4, 0.5) is 18.9 Å². The summed E-state index contributed by atoms with van der Waals surface area (Å²) in [5.41, 5.74) is 2.93. The van der Waals surface area contributed by atoms with Crippen molar-refractivity contribution in [2.45, 2.75) is 13.1 Å². The molecule has 0 heterocycles. The molecule has 16 heavy (non-hydrogen) atoms. The molecule has 6 heteroatoms. The first-order chi connectivity index (χ1) is 7.29. The number of halogens is 3. The van der Waals surface area contributed by atoms with E-state index in [9.17, 15) is 18.0 Å². The van der Waals surface area contributed by atoms with Crippen LogP contribution in [0.25, 0.3) is 0 Å². The number of hydrogen-bond donors (Lipinski definition) is 1. The van der Waals surface area contributed by atoms with E-state index in [4.69, 9.17) is 11.0 Å². The van der Waals surface area contributed by atoms with Gasteiger partial charge in [0.2, 0.25) is 0 Å². The molecule has 2 N–H and O–H groups in total. The first-order valence-corrected chi connectivity index (χ1v) is 4.19. The molecular weight excluding hydrogens is 221 g/mol. The Bertz CT molecular complexity index is 486. The van der Waals surface area contributed by atoms with Gasteiger partial charge < -0.3 is 5.73 Å². The van der Waals surface area contributed by atoms with E-state index in [1.165, 1.54) is 0 Å². The lowest BCUT2D eigenvalue weighted by Crippen LogP contribution is -2.13. The molecule has 1 aromatic carbocycles. The Labute approximate surface area is 89.3 Å². The number of ketones is 1. The maximum absolute atomic E-state index is 12.5. The zero-order valence-corrected chi connectivity index (χ0v) is 8.22. The van der Waals surface area contributed by atoms with E-state index in [0.717, 1.165) is 13.0 Å². The van der Waals surface area contributed by atoms with Crippen LogP contribution in [0.3, 0.4) is 0 Å². The summed E-state index contributed by atoms with van der Waals surface area (Å²) in [6.45, 7) is 1.06. The first kappa shape index (κ1) is 12.0. The van der Waals surface area contributed by atoms with Crippen molar-refractivity contribution in [2.24, 2.45) is 0 Å².